The van der Waals surface area contributed by atoms with Crippen molar-refractivity contribution in [1.29, 1.82) is 0 Å². The third-order valence-electron chi connectivity index (χ3n) is 4.30. The van der Waals surface area contributed by atoms with E-state index >= 15 is 0 Å². The van der Waals surface area contributed by atoms with Gasteiger partial charge in [-0.3, -0.25) is 4.79 Å². The SMILES string of the molecule is COc1ccccc1C(=O)N(C)C(C)c1ccc(-n2cncn2)cc1. The molecule has 1 amide bonds. The molecule has 0 aliphatic rings. The number of methoxy groups -OCH3 is 1. The Morgan fingerprint density at radius 2 is 1.88 bits per heavy atom. The number of hydrogen-bond acceptors (Lipinski definition) is 4. The molecule has 3 rings (SSSR count). The van der Waals surface area contributed by atoms with E-state index in [2.05, 4.69) is 10.1 Å². The van der Waals surface area contributed by atoms with Crippen molar-refractivity contribution in [2.75, 3.05) is 14.2 Å². The number of aromatic nitrogens is 3. The van der Waals surface area contributed by atoms with Gasteiger partial charge in [-0.05, 0) is 36.8 Å². The predicted molar refractivity (Wildman–Crippen MR) is 94.9 cm³/mol. The fourth-order valence-corrected chi connectivity index (χ4v) is 2.66. The van der Waals surface area contributed by atoms with Gasteiger partial charge in [-0.25, -0.2) is 9.67 Å². The average molecular weight is 336 g/mol. The zero-order valence-electron chi connectivity index (χ0n) is 14.5. The molecule has 2 aromatic carbocycles. The van der Waals surface area contributed by atoms with Gasteiger partial charge in [-0.1, -0.05) is 24.3 Å². The maximum absolute atomic E-state index is 12.8. The Balaban J connectivity index is 1.80. The van der Waals surface area contributed by atoms with E-state index in [1.54, 1.807) is 42.2 Å². The van der Waals surface area contributed by atoms with Crippen LogP contribution in [-0.4, -0.2) is 39.7 Å². The molecule has 0 fully saturated rings. The molecule has 0 saturated carbocycles. The van der Waals surface area contributed by atoms with Gasteiger partial charge in [0.1, 0.15) is 18.4 Å². The summed E-state index contributed by atoms with van der Waals surface area (Å²) in [5, 5.41) is 4.11. The maximum Gasteiger partial charge on any atom is 0.257 e. The highest BCUT2D eigenvalue weighted by Gasteiger charge is 2.21. The minimum absolute atomic E-state index is 0.0784. The lowest BCUT2D eigenvalue weighted by Gasteiger charge is -2.26. The van der Waals surface area contributed by atoms with Gasteiger partial charge < -0.3 is 9.64 Å². The molecule has 1 unspecified atom stereocenters. The number of benzene rings is 2. The van der Waals surface area contributed by atoms with Crippen LogP contribution in [0.15, 0.2) is 61.2 Å². The average Bonchev–Trinajstić information content (AvgIpc) is 3.21. The smallest absolute Gasteiger partial charge is 0.257 e. The first-order valence-electron chi connectivity index (χ1n) is 7.97. The lowest BCUT2D eigenvalue weighted by molar-refractivity contribution is 0.0739. The molecule has 0 spiro atoms. The molecule has 0 radical (unpaired) electrons. The van der Waals surface area contributed by atoms with Crippen LogP contribution >= 0.6 is 0 Å². The number of nitrogens with zero attached hydrogens (tertiary/aromatic N) is 4. The summed E-state index contributed by atoms with van der Waals surface area (Å²) in [4.78, 5) is 18.5. The Hall–Kier alpha value is -3.15. The van der Waals surface area contributed by atoms with Crippen LogP contribution in [0, 0.1) is 0 Å². The molecule has 128 valence electrons. The van der Waals surface area contributed by atoms with E-state index < -0.39 is 0 Å². The first-order valence-corrected chi connectivity index (χ1v) is 7.97. The summed E-state index contributed by atoms with van der Waals surface area (Å²) in [5.41, 5.74) is 2.51. The Kier molecular flexibility index (Phi) is 4.79. The summed E-state index contributed by atoms with van der Waals surface area (Å²) in [6, 6.07) is 15.1. The molecule has 0 aliphatic carbocycles. The highest BCUT2D eigenvalue weighted by atomic mass is 16.5. The topological polar surface area (TPSA) is 60.2 Å². The van der Waals surface area contributed by atoms with Gasteiger partial charge in [0.15, 0.2) is 0 Å². The highest BCUT2D eigenvalue weighted by Crippen LogP contribution is 2.25. The van der Waals surface area contributed by atoms with Gasteiger partial charge in [0.2, 0.25) is 0 Å². The van der Waals surface area contributed by atoms with Crippen LogP contribution in [0.25, 0.3) is 5.69 Å². The van der Waals surface area contributed by atoms with E-state index in [0.29, 0.717) is 11.3 Å². The van der Waals surface area contributed by atoms with Crippen LogP contribution in [0.2, 0.25) is 0 Å². The van der Waals surface area contributed by atoms with Crippen molar-refractivity contribution in [3.05, 3.63) is 72.3 Å². The fraction of sp³-hybridized carbons (Fsp3) is 0.211. The zero-order valence-corrected chi connectivity index (χ0v) is 14.5. The van der Waals surface area contributed by atoms with Gasteiger partial charge >= 0.3 is 0 Å². The second kappa shape index (κ2) is 7.17. The zero-order chi connectivity index (χ0) is 17.8. The number of carbonyl (C=O) groups is 1. The molecule has 0 saturated heterocycles. The summed E-state index contributed by atoms with van der Waals surface area (Å²) in [5.74, 6) is 0.499. The molecule has 0 aliphatic heterocycles. The summed E-state index contributed by atoms with van der Waals surface area (Å²) in [7, 11) is 3.36. The molecule has 1 atom stereocenters. The van der Waals surface area contributed by atoms with Gasteiger partial charge in [0.25, 0.3) is 5.91 Å². The second-order valence-electron chi connectivity index (χ2n) is 5.72. The summed E-state index contributed by atoms with van der Waals surface area (Å²) >= 11 is 0. The third kappa shape index (κ3) is 3.38. The quantitative estimate of drug-likeness (QED) is 0.718. The first-order chi connectivity index (χ1) is 12.1. The van der Waals surface area contributed by atoms with Gasteiger partial charge in [-0.15, -0.1) is 0 Å². The van der Waals surface area contributed by atoms with Crippen molar-refractivity contribution in [1.82, 2.24) is 19.7 Å². The number of rotatable bonds is 5. The van der Waals surface area contributed by atoms with Crippen molar-refractivity contribution >= 4 is 5.91 Å². The predicted octanol–water partition coefficient (Wildman–Crippen LogP) is 3.11. The summed E-state index contributed by atoms with van der Waals surface area (Å²) in [6.07, 6.45) is 3.14. The lowest BCUT2D eigenvalue weighted by atomic mass is 10.1. The minimum Gasteiger partial charge on any atom is -0.496 e. The second-order valence-corrected chi connectivity index (χ2v) is 5.72. The Bertz CT molecular complexity index is 844. The first kappa shape index (κ1) is 16.7. The Labute approximate surface area is 146 Å². The molecule has 3 aromatic rings. The van der Waals surface area contributed by atoms with E-state index in [1.165, 1.54) is 6.33 Å². The van der Waals surface area contributed by atoms with Crippen LogP contribution in [-0.2, 0) is 0 Å². The van der Waals surface area contributed by atoms with Gasteiger partial charge in [0, 0.05) is 7.05 Å². The van der Waals surface area contributed by atoms with E-state index in [0.717, 1.165) is 11.3 Å². The van der Waals surface area contributed by atoms with Crippen LogP contribution in [0.5, 0.6) is 5.75 Å². The molecule has 6 nitrogen and oxygen atoms in total. The fourth-order valence-electron chi connectivity index (χ4n) is 2.66. The van der Waals surface area contributed by atoms with Crippen LogP contribution in [0.3, 0.4) is 0 Å². The molecule has 6 heteroatoms. The number of ether oxygens (including phenoxy) is 1. The Morgan fingerprint density at radius 1 is 1.16 bits per heavy atom. The van der Waals surface area contributed by atoms with E-state index in [4.69, 9.17) is 4.74 Å². The van der Waals surface area contributed by atoms with Crippen molar-refractivity contribution in [3.63, 3.8) is 0 Å². The number of carbonyl (C=O) groups excluding carboxylic acids is 1. The maximum atomic E-state index is 12.8. The van der Waals surface area contributed by atoms with Crippen molar-refractivity contribution in [2.45, 2.75) is 13.0 Å². The lowest BCUT2D eigenvalue weighted by Crippen LogP contribution is -2.30. The molecular formula is C19H20N4O2. The van der Waals surface area contributed by atoms with Crippen molar-refractivity contribution in [3.8, 4) is 11.4 Å². The summed E-state index contributed by atoms with van der Waals surface area (Å²) in [6.45, 7) is 2.00. The summed E-state index contributed by atoms with van der Waals surface area (Å²) < 4.78 is 6.99. The number of amides is 1. The molecule has 1 aromatic heterocycles. The van der Waals surface area contributed by atoms with E-state index in [9.17, 15) is 4.79 Å². The third-order valence-corrected chi connectivity index (χ3v) is 4.30. The van der Waals surface area contributed by atoms with Crippen molar-refractivity contribution < 1.29 is 9.53 Å². The van der Waals surface area contributed by atoms with Gasteiger partial charge in [0.05, 0.1) is 24.4 Å². The van der Waals surface area contributed by atoms with Crippen LogP contribution in [0.4, 0.5) is 0 Å². The highest BCUT2D eigenvalue weighted by molar-refractivity contribution is 5.97. The molecule has 1 heterocycles. The standard InChI is InChI=1S/C19H20N4O2/c1-14(15-8-10-16(11-9-15)23-13-20-12-21-23)22(2)19(24)17-6-4-5-7-18(17)25-3/h4-14H,1-3H3. The monoisotopic (exact) mass is 336 g/mol. The van der Waals surface area contributed by atoms with E-state index in [-0.39, 0.29) is 11.9 Å². The van der Waals surface area contributed by atoms with Crippen LogP contribution < -0.4 is 4.74 Å². The largest absolute Gasteiger partial charge is 0.496 e. The minimum atomic E-state index is -0.0813. The molecule has 0 bridgehead atoms. The van der Waals surface area contributed by atoms with E-state index in [1.807, 2.05) is 43.3 Å². The Morgan fingerprint density at radius 3 is 2.52 bits per heavy atom. The normalized spacial score (nSPS) is 11.8. The van der Waals surface area contributed by atoms with Crippen molar-refractivity contribution in [2.24, 2.45) is 0 Å². The molecule has 25 heavy (non-hydrogen) atoms. The molecule has 0 N–H and O–H groups in total. The van der Waals surface area contributed by atoms with Gasteiger partial charge in [-0.2, -0.15) is 5.10 Å². The van der Waals surface area contributed by atoms with Crippen LogP contribution in [0.1, 0.15) is 28.9 Å². The number of hydrogen-bond donors (Lipinski definition) is 0. The number of para-hydroxylation sites is 1. The molecular weight excluding hydrogens is 316 g/mol.